The van der Waals surface area contributed by atoms with Crippen LogP contribution in [0.3, 0.4) is 0 Å². The highest BCUT2D eigenvalue weighted by molar-refractivity contribution is 6.31. The lowest BCUT2D eigenvalue weighted by Crippen LogP contribution is -2.33. The molecule has 0 saturated heterocycles. The molecule has 0 aliphatic heterocycles. The second-order valence-electron chi connectivity index (χ2n) is 6.10. The number of aryl methyl sites for hydroxylation is 2. The fraction of sp³-hybridized carbons (Fsp3) is 0.250. The monoisotopic (exact) mass is 341 g/mol. The molecule has 0 aliphatic carbocycles. The number of amides is 1. The van der Waals surface area contributed by atoms with Crippen LogP contribution in [0.25, 0.3) is 11.0 Å². The topological polar surface area (TPSA) is 42.2 Å². The van der Waals surface area contributed by atoms with E-state index >= 15 is 0 Å². The Hall–Kier alpha value is -2.26. The number of nitrogens with one attached hydrogen (secondary N) is 1. The van der Waals surface area contributed by atoms with Crippen molar-refractivity contribution < 1.29 is 9.21 Å². The molecule has 3 rings (SSSR count). The van der Waals surface area contributed by atoms with E-state index < -0.39 is 0 Å². The van der Waals surface area contributed by atoms with Crippen molar-refractivity contribution in [1.29, 1.82) is 0 Å². The number of halogens is 1. The first-order valence-electron chi connectivity index (χ1n) is 8.08. The van der Waals surface area contributed by atoms with Crippen LogP contribution in [0.2, 0.25) is 5.02 Å². The van der Waals surface area contributed by atoms with E-state index in [0.29, 0.717) is 16.4 Å². The molecule has 0 saturated carbocycles. The second-order valence-corrected chi connectivity index (χ2v) is 6.53. The molecule has 4 heteroatoms. The SMILES string of the molecule is Cc1c(C(=O)NC(C)CCc2ccccc2)oc2ccc(Cl)cc12. The Kier molecular flexibility index (Phi) is 4.91. The second kappa shape index (κ2) is 7.10. The fourth-order valence-electron chi connectivity index (χ4n) is 2.80. The quantitative estimate of drug-likeness (QED) is 0.697. The predicted octanol–water partition coefficient (Wildman–Crippen LogP) is 5.15. The summed E-state index contributed by atoms with van der Waals surface area (Å²) in [5, 5.41) is 4.53. The van der Waals surface area contributed by atoms with Gasteiger partial charge in [-0.15, -0.1) is 0 Å². The zero-order valence-corrected chi connectivity index (χ0v) is 14.6. The van der Waals surface area contributed by atoms with E-state index in [4.69, 9.17) is 16.0 Å². The number of hydrogen-bond donors (Lipinski definition) is 1. The lowest BCUT2D eigenvalue weighted by molar-refractivity contribution is 0.0911. The highest BCUT2D eigenvalue weighted by Gasteiger charge is 2.19. The summed E-state index contributed by atoms with van der Waals surface area (Å²) in [6.45, 7) is 3.89. The number of carbonyl (C=O) groups is 1. The van der Waals surface area contributed by atoms with Gasteiger partial charge in [-0.1, -0.05) is 41.9 Å². The van der Waals surface area contributed by atoms with Crippen molar-refractivity contribution in [1.82, 2.24) is 5.32 Å². The fourth-order valence-corrected chi connectivity index (χ4v) is 2.97. The molecular weight excluding hydrogens is 322 g/mol. The zero-order chi connectivity index (χ0) is 17.1. The molecule has 0 fully saturated rings. The largest absolute Gasteiger partial charge is 0.451 e. The average Bonchev–Trinajstić information content (AvgIpc) is 2.90. The normalized spacial score (nSPS) is 12.3. The Morgan fingerprint density at radius 2 is 1.96 bits per heavy atom. The van der Waals surface area contributed by atoms with Gasteiger partial charge in [0.25, 0.3) is 5.91 Å². The van der Waals surface area contributed by atoms with Gasteiger partial charge in [0, 0.05) is 22.0 Å². The van der Waals surface area contributed by atoms with Crippen molar-refractivity contribution in [3.8, 4) is 0 Å². The third kappa shape index (κ3) is 3.62. The number of hydrogen-bond acceptors (Lipinski definition) is 2. The highest BCUT2D eigenvalue weighted by Crippen LogP contribution is 2.27. The minimum absolute atomic E-state index is 0.0638. The average molecular weight is 342 g/mol. The summed E-state index contributed by atoms with van der Waals surface area (Å²) in [7, 11) is 0. The maximum absolute atomic E-state index is 12.5. The van der Waals surface area contributed by atoms with Crippen LogP contribution in [-0.4, -0.2) is 11.9 Å². The minimum Gasteiger partial charge on any atom is -0.451 e. The smallest absolute Gasteiger partial charge is 0.287 e. The maximum Gasteiger partial charge on any atom is 0.287 e. The molecule has 124 valence electrons. The number of furan rings is 1. The molecule has 1 N–H and O–H groups in total. The van der Waals surface area contributed by atoms with Crippen molar-refractivity contribution in [2.45, 2.75) is 32.7 Å². The summed E-state index contributed by atoms with van der Waals surface area (Å²) in [4.78, 5) is 12.5. The van der Waals surface area contributed by atoms with Gasteiger partial charge in [0.15, 0.2) is 5.76 Å². The summed E-state index contributed by atoms with van der Waals surface area (Å²) in [6.07, 6.45) is 1.80. The maximum atomic E-state index is 12.5. The third-order valence-electron chi connectivity index (χ3n) is 4.19. The van der Waals surface area contributed by atoms with Gasteiger partial charge in [0.1, 0.15) is 5.58 Å². The lowest BCUT2D eigenvalue weighted by Gasteiger charge is -2.13. The third-order valence-corrected chi connectivity index (χ3v) is 4.43. The van der Waals surface area contributed by atoms with Crippen LogP contribution in [0, 0.1) is 6.92 Å². The predicted molar refractivity (Wildman–Crippen MR) is 97.7 cm³/mol. The van der Waals surface area contributed by atoms with Crippen LogP contribution in [0.4, 0.5) is 0 Å². The molecule has 0 spiro atoms. The number of rotatable bonds is 5. The first kappa shape index (κ1) is 16.6. The summed E-state index contributed by atoms with van der Waals surface area (Å²) < 4.78 is 5.71. The molecular formula is C20H20ClNO2. The Morgan fingerprint density at radius 1 is 1.21 bits per heavy atom. The van der Waals surface area contributed by atoms with Gasteiger partial charge < -0.3 is 9.73 Å². The molecule has 0 bridgehead atoms. The molecule has 24 heavy (non-hydrogen) atoms. The van der Waals surface area contributed by atoms with Gasteiger partial charge in [-0.25, -0.2) is 0 Å². The Bertz CT molecular complexity index is 855. The lowest BCUT2D eigenvalue weighted by atomic mass is 10.1. The standard InChI is InChI=1S/C20H20ClNO2/c1-13(8-9-15-6-4-3-5-7-15)22-20(23)19-14(2)17-12-16(21)10-11-18(17)24-19/h3-7,10-13H,8-9H2,1-2H3,(H,22,23). The van der Waals surface area contributed by atoms with Gasteiger partial charge in [-0.3, -0.25) is 4.79 Å². The number of carbonyl (C=O) groups excluding carboxylic acids is 1. The van der Waals surface area contributed by atoms with Crippen molar-refractivity contribution >= 4 is 28.5 Å². The van der Waals surface area contributed by atoms with Gasteiger partial charge in [0.05, 0.1) is 0 Å². The molecule has 1 unspecified atom stereocenters. The summed E-state index contributed by atoms with van der Waals surface area (Å²) in [6, 6.07) is 15.7. The molecule has 0 aliphatic rings. The van der Waals surface area contributed by atoms with E-state index in [1.807, 2.05) is 38.1 Å². The summed E-state index contributed by atoms with van der Waals surface area (Å²) in [5.41, 5.74) is 2.77. The molecule has 1 amide bonds. The van der Waals surface area contributed by atoms with E-state index in [1.165, 1.54) is 5.56 Å². The van der Waals surface area contributed by atoms with Crippen molar-refractivity contribution in [3.05, 3.63) is 70.4 Å². The zero-order valence-electron chi connectivity index (χ0n) is 13.8. The summed E-state index contributed by atoms with van der Waals surface area (Å²) >= 11 is 6.02. The van der Waals surface area contributed by atoms with Crippen molar-refractivity contribution in [2.24, 2.45) is 0 Å². The van der Waals surface area contributed by atoms with Gasteiger partial charge in [0.2, 0.25) is 0 Å². The van der Waals surface area contributed by atoms with Crippen LogP contribution in [-0.2, 0) is 6.42 Å². The van der Waals surface area contributed by atoms with Gasteiger partial charge in [-0.2, -0.15) is 0 Å². The number of benzene rings is 2. The molecule has 2 aromatic carbocycles. The number of fused-ring (bicyclic) bond motifs is 1. The Balaban J connectivity index is 1.67. The molecule has 0 radical (unpaired) electrons. The van der Waals surface area contributed by atoms with E-state index in [-0.39, 0.29) is 11.9 Å². The molecule has 1 atom stereocenters. The van der Waals surface area contributed by atoms with Crippen LogP contribution >= 0.6 is 11.6 Å². The van der Waals surface area contributed by atoms with Crippen LogP contribution in [0.5, 0.6) is 0 Å². The van der Waals surface area contributed by atoms with E-state index in [0.717, 1.165) is 23.8 Å². The molecule has 3 nitrogen and oxygen atoms in total. The van der Waals surface area contributed by atoms with E-state index in [1.54, 1.807) is 12.1 Å². The van der Waals surface area contributed by atoms with Gasteiger partial charge >= 0.3 is 0 Å². The first-order chi connectivity index (χ1) is 11.5. The Morgan fingerprint density at radius 3 is 2.71 bits per heavy atom. The minimum atomic E-state index is -0.180. The molecule has 1 heterocycles. The molecule has 1 aromatic heterocycles. The van der Waals surface area contributed by atoms with Crippen LogP contribution < -0.4 is 5.32 Å². The van der Waals surface area contributed by atoms with E-state index in [9.17, 15) is 4.79 Å². The van der Waals surface area contributed by atoms with Crippen LogP contribution in [0.1, 0.15) is 35.0 Å². The van der Waals surface area contributed by atoms with Gasteiger partial charge in [-0.05, 0) is 50.5 Å². The van der Waals surface area contributed by atoms with Crippen molar-refractivity contribution in [3.63, 3.8) is 0 Å². The Labute approximate surface area is 146 Å². The first-order valence-corrected chi connectivity index (χ1v) is 8.46. The van der Waals surface area contributed by atoms with Crippen molar-refractivity contribution in [2.75, 3.05) is 0 Å². The summed E-state index contributed by atoms with van der Waals surface area (Å²) in [5.74, 6) is 0.180. The van der Waals surface area contributed by atoms with E-state index in [2.05, 4.69) is 17.4 Å². The molecule has 3 aromatic rings. The van der Waals surface area contributed by atoms with Crippen LogP contribution in [0.15, 0.2) is 52.9 Å². The highest BCUT2D eigenvalue weighted by atomic mass is 35.5.